The van der Waals surface area contributed by atoms with Crippen LogP contribution in [-0.4, -0.2) is 53.6 Å². The number of fused-ring (bicyclic) bond motifs is 1. The van der Waals surface area contributed by atoms with Crippen LogP contribution in [0.15, 0.2) is 24.3 Å². The number of rotatable bonds is 3. The van der Waals surface area contributed by atoms with E-state index in [0.29, 0.717) is 11.4 Å². The molecule has 0 bridgehead atoms. The maximum Gasteiger partial charge on any atom is 0.410 e. The van der Waals surface area contributed by atoms with Crippen molar-refractivity contribution in [2.45, 2.75) is 58.4 Å². The number of carbonyl (C=O) groups excluding carboxylic acids is 3. The zero-order chi connectivity index (χ0) is 20.4. The van der Waals surface area contributed by atoms with E-state index >= 15 is 0 Å². The molecule has 1 aliphatic heterocycles. The molecule has 148 valence electrons. The molecule has 0 radical (unpaired) electrons. The summed E-state index contributed by atoms with van der Waals surface area (Å²) in [5, 5.41) is 5.41. The number of hydrogen-bond acceptors (Lipinski definition) is 5. The van der Waals surface area contributed by atoms with Crippen LogP contribution in [0, 0.1) is 0 Å². The van der Waals surface area contributed by atoms with Gasteiger partial charge in [0.05, 0.1) is 5.69 Å². The van der Waals surface area contributed by atoms with Crippen molar-refractivity contribution in [3.63, 3.8) is 0 Å². The number of anilines is 1. The van der Waals surface area contributed by atoms with Crippen LogP contribution in [0.2, 0.25) is 0 Å². The molecule has 1 aliphatic rings. The summed E-state index contributed by atoms with van der Waals surface area (Å²) in [6.07, 6.45) is -1.20. The van der Waals surface area contributed by atoms with Gasteiger partial charge in [0.2, 0.25) is 5.91 Å². The molecule has 0 aliphatic carbocycles. The Morgan fingerprint density at radius 3 is 2.56 bits per heavy atom. The molecule has 0 fully saturated rings. The first-order valence-corrected chi connectivity index (χ1v) is 8.82. The number of carbonyl (C=O) groups is 3. The topological polar surface area (TPSA) is 97.0 Å². The number of para-hydroxylation sites is 2. The maximum atomic E-state index is 12.6. The Balaban J connectivity index is 2.06. The van der Waals surface area contributed by atoms with Crippen molar-refractivity contribution in [2.24, 2.45) is 0 Å². The average Bonchev–Trinajstić information content (AvgIpc) is 2.68. The average molecular weight is 377 g/mol. The SMILES string of the molecule is CC1Oc2ccccc2NC(=O)C1NC(=O)C(C)N(C)C(=O)OC(C)(C)C. The number of benzene rings is 1. The van der Waals surface area contributed by atoms with Gasteiger partial charge in [-0.3, -0.25) is 14.5 Å². The van der Waals surface area contributed by atoms with E-state index in [1.807, 2.05) is 0 Å². The molecule has 8 heteroatoms. The molecule has 8 nitrogen and oxygen atoms in total. The largest absolute Gasteiger partial charge is 0.486 e. The second kappa shape index (κ2) is 7.85. The van der Waals surface area contributed by atoms with E-state index in [2.05, 4.69) is 10.6 Å². The van der Waals surface area contributed by atoms with Gasteiger partial charge >= 0.3 is 6.09 Å². The van der Waals surface area contributed by atoms with Crippen LogP contribution in [0.4, 0.5) is 10.5 Å². The number of nitrogens with zero attached hydrogens (tertiary/aromatic N) is 1. The lowest BCUT2D eigenvalue weighted by Crippen LogP contribution is -2.56. The molecule has 1 aromatic carbocycles. The van der Waals surface area contributed by atoms with E-state index in [0.717, 1.165) is 0 Å². The molecule has 3 amide bonds. The highest BCUT2D eigenvalue weighted by atomic mass is 16.6. The van der Waals surface area contributed by atoms with Crippen LogP contribution < -0.4 is 15.4 Å². The quantitative estimate of drug-likeness (QED) is 0.841. The van der Waals surface area contributed by atoms with Gasteiger partial charge in [-0.2, -0.15) is 0 Å². The Morgan fingerprint density at radius 2 is 1.93 bits per heavy atom. The van der Waals surface area contributed by atoms with Crippen molar-refractivity contribution in [2.75, 3.05) is 12.4 Å². The van der Waals surface area contributed by atoms with Crippen LogP contribution >= 0.6 is 0 Å². The van der Waals surface area contributed by atoms with Gasteiger partial charge in [0.15, 0.2) is 0 Å². The lowest BCUT2D eigenvalue weighted by molar-refractivity contribution is -0.130. The van der Waals surface area contributed by atoms with Crippen LogP contribution in [0.5, 0.6) is 5.75 Å². The fourth-order valence-electron chi connectivity index (χ4n) is 2.49. The van der Waals surface area contributed by atoms with Crippen LogP contribution in [0.1, 0.15) is 34.6 Å². The van der Waals surface area contributed by atoms with Gasteiger partial charge < -0.3 is 20.1 Å². The van der Waals surface area contributed by atoms with Crippen LogP contribution in [0.25, 0.3) is 0 Å². The first-order valence-electron chi connectivity index (χ1n) is 8.82. The van der Waals surface area contributed by atoms with Gasteiger partial charge in [0, 0.05) is 7.05 Å². The maximum absolute atomic E-state index is 12.6. The van der Waals surface area contributed by atoms with E-state index in [-0.39, 0.29) is 5.91 Å². The van der Waals surface area contributed by atoms with Gasteiger partial charge in [-0.05, 0) is 46.8 Å². The van der Waals surface area contributed by atoms with E-state index in [1.165, 1.54) is 11.9 Å². The third-order valence-electron chi connectivity index (χ3n) is 4.15. The van der Waals surface area contributed by atoms with Gasteiger partial charge in [-0.25, -0.2) is 4.79 Å². The Hall–Kier alpha value is -2.77. The van der Waals surface area contributed by atoms with Crippen molar-refractivity contribution < 1.29 is 23.9 Å². The summed E-state index contributed by atoms with van der Waals surface area (Å²) in [7, 11) is 1.47. The van der Waals surface area contributed by atoms with Gasteiger partial charge in [-0.15, -0.1) is 0 Å². The highest BCUT2D eigenvalue weighted by Crippen LogP contribution is 2.28. The van der Waals surface area contributed by atoms with E-state index < -0.39 is 35.8 Å². The Morgan fingerprint density at radius 1 is 1.30 bits per heavy atom. The minimum absolute atomic E-state index is 0.382. The Bertz CT molecular complexity index is 728. The predicted octanol–water partition coefficient (Wildman–Crippen LogP) is 2.15. The van der Waals surface area contributed by atoms with Crippen molar-refractivity contribution in [3.05, 3.63) is 24.3 Å². The lowest BCUT2D eigenvalue weighted by atomic mass is 10.1. The minimum Gasteiger partial charge on any atom is -0.486 e. The molecule has 3 unspecified atom stereocenters. The number of hydrogen-bond donors (Lipinski definition) is 2. The minimum atomic E-state index is -0.903. The molecule has 1 heterocycles. The smallest absolute Gasteiger partial charge is 0.410 e. The summed E-state index contributed by atoms with van der Waals surface area (Å²) >= 11 is 0. The third kappa shape index (κ3) is 5.12. The van der Waals surface area contributed by atoms with Crippen molar-refractivity contribution in [1.29, 1.82) is 0 Å². The molecule has 27 heavy (non-hydrogen) atoms. The second-order valence-corrected chi connectivity index (χ2v) is 7.56. The normalized spacial score (nSPS) is 20.3. The molecule has 0 spiro atoms. The number of nitrogens with one attached hydrogen (secondary N) is 2. The first-order chi connectivity index (χ1) is 12.5. The number of likely N-dealkylation sites (N-methyl/N-ethyl adjacent to an activating group) is 1. The van der Waals surface area contributed by atoms with Gasteiger partial charge in [0.25, 0.3) is 5.91 Å². The highest BCUT2D eigenvalue weighted by molar-refractivity contribution is 6.00. The van der Waals surface area contributed by atoms with Crippen molar-refractivity contribution in [1.82, 2.24) is 10.2 Å². The van der Waals surface area contributed by atoms with Gasteiger partial charge in [0.1, 0.15) is 29.5 Å². The van der Waals surface area contributed by atoms with E-state index in [1.54, 1.807) is 58.9 Å². The highest BCUT2D eigenvalue weighted by Gasteiger charge is 2.35. The predicted molar refractivity (Wildman–Crippen MR) is 101 cm³/mol. The summed E-state index contributed by atoms with van der Waals surface area (Å²) in [5.41, 5.74) is -0.123. The van der Waals surface area contributed by atoms with Crippen LogP contribution in [-0.2, 0) is 14.3 Å². The monoisotopic (exact) mass is 377 g/mol. The molecule has 2 N–H and O–H groups in total. The summed E-state index contributed by atoms with van der Waals surface area (Å²) in [6, 6.07) is 5.32. The summed E-state index contributed by atoms with van der Waals surface area (Å²) in [6.45, 7) is 8.51. The van der Waals surface area contributed by atoms with Crippen molar-refractivity contribution in [3.8, 4) is 5.75 Å². The molecule has 0 saturated carbocycles. The second-order valence-electron chi connectivity index (χ2n) is 7.56. The first kappa shape index (κ1) is 20.5. The number of ether oxygens (including phenoxy) is 2. The van der Waals surface area contributed by atoms with E-state index in [9.17, 15) is 14.4 Å². The fourth-order valence-corrected chi connectivity index (χ4v) is 2.49. The molecule has 2 rings (SSSR count). The molecule has 0 aromatic heterocycles. The van der Waals surface area contributed by atoms with Crippen LogP contribution in [0.3, 0.4) is 0 Å². The molecule has 0 saturated heterocycles. The van der Waals surface area contributed by atoms with E-state index in [4.69, 9.17) is 9.47 Å². The zero-order valence-corrected chi connectivity index (χ0v) is 16.5. The summed E-state index contributed by atoms with van der Waals surface area (Å²) < 4.78 is 11.1. The molecular formula is C19H27N3O5. The van der Waals surface area contributed by atoms with Crippen molar-refractivity contribution >= 4 is 23.6 Å². The fraction of sp³-hybridized carbons (Fsp3) is 0.526. The van der Waals surface area contributed by atoms with Gasteiger partial charge in [-0.1, -0.05) is 12.1 Å². The zero-order valence-electron chi connectivity index (χ0n) is 16.5. The standard InChI is InChI=1S/C19H27N3O5/c1-11(22(6)18(25)27-19(3,4)5)16(23)21-15-12(2)26-14-10-8-7-9-13(14)20-17(15)24/h7-12,15H,1-6H3,(H,20,24)(H,21,23). The lowest BCUT2D eigenvalue weighted by Gasteiger charge is -2.29. The summed E-state index contributed by atoms with van der Waals surface area (Å²) in [4.78, 5) is 38.5. The molecular weight excluding hydrogens is 350 g/mol. The third-order valence-corrected chi connectivity index (χ3v) is 4.15. The number of amides is 3. The Kier molecular flexibility index (Phi) is 5.98. The Labute approximate surface area is 159 Å². The molecule has 3 atom stereocenters. The molecule has 1 aromatic rings. The summed E-state index contributed by atoms with van der Waals surface area (Å²) in [5.74, 6) is -0.327.